The van der Waals surface area contributed by atoms with E-state index in [0.717, 1.165) is 24.1 Å². The second kappa shape index (κ2) is 4.14. The second-order valence-corrected chi connectivity index (χ2v) is 4.28. The van der Waals surface area contributed by atoms with Crippen LogP contribution in [0.5, 0.6) is 0 Å². The van der Waals surface area contributed by atoms with Crippen LogP contribution < -0.4 is 5.73 Å². The Morgan fingerprint density at radius 1 is 1.28 bits per heavy atom. The van der Waals surface area contributed by atoms with Crippen LogP contribution in [0.25, 0.3) is 11.0 Å². The summed E-state index contributed by atoms with van der Waals surface area (Å²) in [6.07, 6.45) is 3.50. The molecule has 0 saturated carbocycles. The standard InChI is InChI=1S/C12H14N6/c1-9-2-3-10-11(8-9)18(12(13)15-10)7-6-17-5-4-14-16-17/h2-5,8H,6-7H2,1H3,(H2,13,15). The van der Waals surface area contributed by atoms with Crippen molar-refractivity contribution in [3.63, 3.8) is 0 Å². The fourth-order valence-electron chi connectivity index (χ4n) is 2.04. The molecule has 3 aromatic rings. The average molecular weight is 242 g/mol. The van der Waals surface area contributed by atoms with Gasteiger partial charge in [0.1, 0.15) is 0 Å². The monoisotopic (exact) mass is 242 g/mol. The number of nitrogens with zero attached hydrogens (tertiary/aromatic N) is 5. The summed E-state index contributed by atoms with van der Waals surface area (Å²) >= 11 is 0. The van der Waals surface area contributed by atoms with Gasteiger partial charge in [0.25, 0.3) is 0 Å². The fraction of sp³-hybridized carbons (Fsp3) is 0.250. The molecule has 6 nitrogen and oxygen atoms in total. The first-order chi connectivity index (χ1) is 8.74. The lowest BCUT2D eigenvalue weighted by molar-refractivity contribution is 0.529. The highest BCUT2D eigenvalue weighted by Gasteiger charge is 2.08. The van der Waals surface area contributed by atoms with Gasteiger partial charge in [-0.05, 0) is 24.6 Å². The second-order valence-electron chi connectivity index (χ2n) is 4.28. The van der Waals surface area contributed by atoms with Gasteiger partial charge in [-0.25, -0.2) is 4.98 Å². The highest BCUT2D eigenvalue weighted by molar-refractivity contribution is 5.79. The smallest absolute Gasteiger partial charge is 0.201 e. The van der Waals surface area contributed by atoms with Gasteiger partial charge in [-0.1, -0.05) is 11.3 Å². The van der Waals surface area contributed by atoms with Crippen molar-refractivity contribution in [1.29, 1.82) is 0 Å². The third-order valence-electron chi connectivity index (χ3n) is 2.96. The molecule has 0 aliphatic carbocycles. The van der Waals surface area contributed by atoms with E-state index in [1.807, 2.05) is 22.9 Å². The van der Waals surface area contributed by atoms with Crippen molar-refractivity contribution in [2.45, 2.75) is 20.0 Å². The van der Waals surface area contributed by atoms with Crippen molar-refractivity contribution < 1.29 is 0 Å². The minimum absolute atomic E-state index is 0.538. The van der Waals surface area contributed by atoms with E-state index in [1.54, 1.807) is 10.9 Å². The number of aryl methyl sites for hydroxylation is 3. The molecule has 2 heterocycles. The molecule has 18 heavy (non-hydrogen) atoms. The van der Waals surface area contributed by atoms with Crippen molar-refractivity contribution >= 4 is 17.0 Å². The van der Waals surface area contributed by atoms with E-state index in [2.05, 4.69) is 28.3 Å². The number of hydrogen-bond acceptors (Lipinski definition) is 4. The quantitative estimate of drug-likeness (QED) is 0.749. The summed E-state index contributed by atoms with van der Waals surface area (Å²) in [5, 5.41) is 7.71. The zero-order valence-corrected chi connectivity index (χ0v) is 10.1. The predicted octanol–water partition coefficient (Wildman–Crippen LogP) is 1.22. The normalized spacial score (nSPS) is 11.2. The van der Waals surface area contributed by atoms with Gasteiger partial charge >= 0.3 is 0 Å². The zero-order chi connectivity index (χ0) is 12.5. The summed E-state index contributed by atoms with van der Waals surface area (Å²) in [6, 6.07) is 6.13. The van der Waals surface area contributed by atoms with Crippen LogP contribution in [0.15, 0.2) is 30.6 Å². The Morgan fingerprint density at radius 2 is 2.17 bits per heavy atom. The Labute approximate surface area is 104 Å². The van der Waals surface area contributed by atoms with Crippen molar-refractivity contribution in [1.82, 2.24) is 24.5 Å². The number of rotatable bonds is 3. The molecular formula is C12H14N6. The van der Waals surface area contributed by atoms with E-state index in [0.29, 0.717) is 5.95 Å². The molecular weight excluding hydrogens is 228 g/mol. The minimum atomic E-state index is 0.538. The van der Waals surface area contributed by atoms with Gasteiger partial charge in [0.05, 0.1) is 23.8 Å². The molecule has 6 heteroatoms. The van der Waals surface area contributed by atoms with Gasteiger partial charge in [0.15, 0.2) is 0 Å². The molecule has 0 bridgehead atoms. The SMILES string of the molecule is Cc1ccc2nc(N)n(CCn3ccnn3)c2c1. The van der Waals surface area contributed by atoms with E-state index < -0.39 is 0 Å². The number of anilines is 1. The minimum Gasteiger partial charge on any atom is -0.369 e. The maximum absolute atomic E-state index is 5.95. The van der Waals surface area contributed by atoms with E-state index in [1.165, 1.54) is 5.56 Å². The van der Waals surface area contributed by atoms with E-state index >= 15 is 0 Å². The van der Waals surface area contributed by atoms with Crippen LogP contribution in [0.3, 0.4) is 0 Å². The summed E-state index contributed by atoms with van der Waals surface area (Å²) in [7, 11) is 0. The molecule has 0 amide bonds. The molecule has 0 unspecified atom stereocenters. The number of nitrogen functional groups attached to an aromatic ring is 1. The van der Waals surface area contributed by atoms with Crippen LogP contribution >= 0.6 is 0 Å². The molecule has 92 valence electrons. The Kier molecular flexibility index (Phi) is 2.47. The molecule has 2 N–H and O–H groups in total. The van der Waals surface area contributed by atoms with Crippen LogP contribution in [-0.2, 0) is 13.1 Å². The lowest BCUT2D eigenvalue weighted by atomic mass is 10.2. The van der Waals surface area contributed by atoms with Crippen molar-refractivity contribution in [2.24, 2.45) is 0 Å². The van der Waals surface area contributed by atoms with Gasteiger partial charge in [0.2, 0.25) is 5.95 Å². The van der Waals surface area contributed by atoms with Gasteiger partial charge in [-0.2, -0.15) is 0 Å². The van der Waals surface area contributed by atoms with E-state index in [9.17, 15) is 0 Å². The molecule has 0 aliphatic rings. The first kappa shape index (κ1) is 10.8. The molecule has 3 rings (SSSR count). The highest BCUT2D eigenvalue weighted by Crippen LogP contribution is 2.19. The molecule has 0 fully saturated rings. The molecule has 2 aromatic heterocycles. The molecule has 0 atom stereocenters. The molecule has 1 aromatic carbocycles. The Bertz CT molecular complexity index is 667. The third kappa shape index (κ3) is 1.81. The number of nitrogens with two attached hydrogens (primary N) is 1. The molecule has 0 aliphatic heterocycles. The number of benzene rings is 1. The maximum atomic E-state index is 5.95. The predicted molar refractivity (Wildman–Crippen MR) is 68.9 cm³/mol. The third-order valence-corrected chi connectivity index (χ3v) is 2.96. The van der Waals surface area contributed by atoms with Gasteiger partial charge in [-0.15, -0.1) is 5.10 Å². The van der Waals surface area contributed by atoms with E-state index in [-0.39, 0.29) is 0 Å². The Balaban J connectivity index is 1.95. The average Bonchev–Trinajstić information content (AvgIpc) is 2.94. The number of hydrogen-bond donors (Lipinski definition) is 1. The van der Waals surface area contributed by atoms with Crippen LogP contribution in [0.2, 0.25) is 0 Å². The van der Waals surface area contributed by atoms with Crippen LogP contribution in [0, 0.1) is 6.92 Å². The number of fused-ring (bicyclic) bond motifs is 1. The summed E-state index contributed by atoms with van der Waals surface area (Å²) in [4.78, 5) is 4.35. The maximum Gasteiger partial charge on any atom is 0.201 e. The Hall–Kier alpha value is -2.37. The van der Waals surface area contributed by atoms with Crippen molar-refractivity contribution in [3.05, 3.63) is 36.2 Å². The molecule has 0 spiro atoms. The summed E-state index contributed by atoms with van der Waals surface area (Å²) in [5.74, 6) is 0.538. The zero-order valence-electron chi connectivity index (χ0n) is 10.1. The first-order valence-corrected chi connectivity index (χ1v) is 5.80. The fourth-order valence-corrected chi connectivity index (χ4v) is 2.04. The topological polar surface area (TPSA) is 74.5 Å². The van der Waals surface area contributed by atoms with Crippen LogP contribution in [0.4, 0.5) is 5.95 Å². The van der Waals surface area contributed by atoms with Crippen LogP contribution in [0.1, 0.15) is 5.56 Å². The van der Waals surface area contributed by atoms with E-state index in [4.69, 9.17) is 5.73 Å². The Morgan fingerprint density at radius 3 is 2.94 bits per heavy atom. The van der Waals surface area contributed by atoms with Crippen molar-refractivity contribution in [2.75, 3.05) is 5.73 Å². The lowest BCUT2D eigenvalue weighted by Crippen LogP contribution is -2.10. The number of imidazole rings is 1. The van der Waals surface area contributed by atoms with Crippen molar-refractivity contribution in [3.8, 4) is 0 Å². The first-order valence-electron chi connectivity index (χ1n) is 5.80. The largest absolute Gasteiger partial charge is 0.369 e. The van der Waals surface area contributed by atoms with Gasteiger partial charge in [0, 0.05) is 12.7 Å². The summed E-state index contributed by atoms with van der Waals surface area (Å²) < 4.78 is 3.78. The highest BCUT2D eigenvalue weighted by atomic mass is 15.4. The molecule has 0 radical (unpaired) electrons. The van der Waals surface area contributed by atoms with Gasteiger partial charge in [-0.3, -0.25) is 4.68 Å². The van der Waals surface area contributed by atoms with Gasteiger partial charge < -0.3 is 10.3 Å². The van der Waals surface area contributed by atoms with Crippen LogP contribution in [-0.4, -0.2) is 24.5 Å². The number of aromatic nitrogens is 5. The summed E-state index contributed by atoms with van der Waals surface area (Å²) in [6.45, 7) is 3.52. The lowest BCUT2D eigenvalue weighted by Gasteiger charge is -2.06. The summed E-state index contributed by atoms with van der Waals surface area (Å²) in [5.41, 5.74) is 9.14. The molecule has 0 saturated heterocycles.